The first-order valence-electron chi connectivity index (χ1n) is 4.97. The van der Waals surface area contributed by atoms with Crippen molar-refractivity contribution in [2.24, 2.45) is 23.7 Å². The summed E-state index contributed by atoms with van der Waals surface area (Å²) in [7, 11) is 0. The van der Waals surface area contributed by atoms with Crippen LogP contribution in [0.5, 0.6) is 0 Å². The van der Waals surface area contributed by atoms with Gasteiger partial charge in [0.25, 0.3) is 0 Å². The van der Waals surface area contributed by atoms with Crippen LogP contribution in [0, 0.1) is 30.1 Å². The Bertz CT molecular complexity index is 220. The van der Waals surface area contributed by atoms with E-state index >= 15 is 0 Å². The van der Waals surface area contributed by atoms with Gasteiger partial charge in [-0.2, -0.15) is 12.8 Å². The number of hydrogen-bond donors (Lipinski definition) is 0. The van der Waals surface area contributed by atoms with Gasteiger partial charge in [0.05, 0.1) is 0 Å². The predicted octanol–water partition coefficient (Wildman–Crippen LogP) is 3.22. The van der Waals surface area contributed by atoms with Crippen molar-refractivity contribution in [3.63, 3.8) is 0 Å². The summed E-state index contributed by atoms with van der Waals surface area (Å²) in [4.78, 5) is 0. The van der Waals surface area contributed by atoms with E-state index in [9.17, 15) is 0 Å². The van der Waals surface area contributed by atoms with Crippen LogP contribution in [-0.4, -0.2) is 0 Å². The van der Waals surface area contributed by atoms with Crippen molar-refractivity contribution >= 4 is 0 Å². The summed E-state index contributed by atoms with van der Waals surface area (Å²) in [5.74, 6) is 3.31. The molecule has 1 saturated carbocycles. The zero-order valence-corrected chi connectivity index (χ0v) is 14.7. The Morgan fingerprint density at radius 3 is 2.21 bits per heavy atom. The summed E-state index contributed by atoms with van der Waals surface area (Å²) in [6.45, 7) is 4.58. The normalized spacial score (nSPS) is 38.4. The van der Waals surface area contributed by atoms with Crippen LogP contribution < -0.4 is 0 Å². The van der Waals surface area contributed by atoms with Crippen LogP contribution in [0.25, 0.3) is 0 Å². The molecule has 0 N–H and O–H groups in total. The summed E-state index contributed by atoms with van der Waals surface area (Å²) in [5.41, 5.74) is 0. The maximum atomic E-state index is 2.39. The van der Waals surface area contributed by atoms with Crippen LogP contribution in [-0.2, 0) is 65.4 Å². The van der Waals surface area contributed by atoms with Crippen LogP contribution in [0.15, 0.2) is 24.3 Å². The van der Waals surface area contributed by atoms with Crippen LogP contribution >= 0.6 is 0 Å². The first kappa shape index (κ1) is 15.7. The molecule has 72 valence electrons. The minimum Gasteiger partial charge on any atom is -0.328 e. The maximum absolute atomic E-state index is 2.39. The van der Waals surface area contributed by atoms with Crippen molar-refractivity contribution < 1.29 is 65.4 Å². The molecule has 14 heavy (non-hydrogen) atoms. The average molecular weight is 339 g/mol. The number of rotatable bonds is 1. The van der Waals surface area contributed by atoms with E-state index in [2.05, 4.69) is 44.6 Å². The Labute approximate surface area is 138 Å². The van der Waals surface area contributed by atoms with Crippen LogP contribution in [0.4, 0.5) is 0 Å². The quantitative estimate of drug-likeness (QED) is 0.644. The topological polar surface area (TPSA) is 0 Å². The van der Waals surface area contributed by atoms with E-state index in [1.54, 1.807) is 0 Å². The molecular formula is C12H17Y2-. The second-order valence-electron chi connectivity index (χ2n) is 4.13. The molecule has 4 atom stereocenters. The molecule has 0 aromatic heterocycles. The first-order chi connectivity index (χ1) is 5.83. The van der Waals surface area contributed by atoms with Gasteiger partial charge in [0, 0.05) is 65.4 Å². The third-order valence-electron chi connectivity index (χ3n) is 3.45. The van der Waals surface area contributed by atoms with E-state index in [1.807, 2.05) is 0 Å². The van der Waals surface area contributed by atoms with Gasteiger partial charge in [-0.25, -0.2) is 0 Å². The molecular weight excluding hydrogens is 322 g/mol. The Hall–Kier alpha value is 1.69. The zero-order valence-electron chi connectivity index (χ0n) is 9.06. The SMILES string of the molecule is C[CH-]C1CC(C)C2C=CC=CC12.[Y].[Y]. The molecule has 0 aliphatic heterocycles. The van der Waals surface area contributed by atoms with Gasteiger partial charge < -0.3 is 6.42 Å². The number of allylic oxidation sites excluding steroid dienone is 4. The van der Waals surface area contributed by atoms with Crippen LogP contribution in [0.1, 0.15) is 20.3 Å². The molecule has 2 radical (unpaired) electrons. The van der Waals surface area contributed by atoms with Crippen molar-refractivity contribution in [3.05, 3.63) is 30.7 Å². The van der Waals surface area contributed by atoms with Gasteiger partial charge in [0.15, 0.2) is 0 Å². The molecule has 2 rings (SSSR count). The van der Waals surface area contributed by atoms with Crippen molar-refractivity contribution in [3.8, 4) is 0 Å². The standard InChI is InChI=1S/C12H17.2Y/c1-3-10-8-9(2)11-6-4-5-7-12(10)11;;/h3-7,9-12H,8H2,1-2H3;;/q-1;;. The smallest absolute Gasteiger partial charge is 0 e. The molecule has 1 fully saturated rings. The Balaban J connectivity index is 0.000000845. The molecule has 0 saturated heterocycles. The Kier molecular flexibility index (Phi) is 7.96. The Morgan fingerprint density at radius 2 is 1.64 bits per heavy atom. The van der Waals surface area contributed by atoms with Gasteiger partial charge in [0.1, 0.15) is 0 Å². The van der Waals surface area contributed by atoms with E-state index in [-0.39, 0.29) is 65.4 Å². The summed E-state index contributed by atoms with van der Waals surface area (Å²) in [6, 6.07) is 0. The van der Waals surface area contributed by atoms with Crippen molar-refractivity contribution in [2.45, 2.75) is 20.3 Å². The van der Waals surface area contributed by atoms with Gasteiger partial charge in [-0.3, -0.25) is 0 Å². The van der Waals surface area contributed by atoms with E-state index in [0.717, 1.165) is 23.7 Å². The molecule has 0 bridgehead atoms. The summed E-state index contributed by atoms with van der Waals surface area (Å²) in [6.07, 6.45) is 12.9. The molecule has 0 amide bonds. The number of fused-ring (bicyclic) bond motifs is 1. The van der Waals surface area contributed by atoms with Crippen LogP contribution in [0.3, 0.4) is 0 Å². The molecule has 0 spiro atoms. The minimum absolute atomic E-state index is 0. The fourth-order valence-electron chi connectivity index (χ4n) is 2.74. The van der Waals surface area contributed by atoms with Gasteiger partial charge in [-0.15, -0.1) is 0 Å². The van der Waals surface area contributed by atoms with E-state index in [4.69, 9.17) is 0 Å². The van der Waals surface area contributed by atoms with Gasteiger partial charge in [0.2, 0.25) is 0 Å². The van der Waals surface area contributed by atoms with Crippen LogP contribution in [0.2, 0.25) is 0 Å². The fraction of sp³-hybridized carbons (Fsp3) is 0.583. The second kappa shape index (κ2) is 7.10. The average Bonchev–Trinajstić information content (AvgIpc) is 2.44. The molecule has 0 aromatic carbocycles. The van der Waals surface area contributed by atoms with Crippen molar-refractivity contribution in [1.29, 1.82) is 0 Å². The minimum atomic E-state index is 0. The first-order valence-corrected chi connectivity index (χ1v) is 4.97. The molecule has 2 aliphatic rings. The van der Waals surface area contributed by atoms with E-state index < -0.39 is 0 Å². The molecule has 2 aliphatic carbocycles. The third kappa shape index (κ3) is 3.09. The zero-order chi connectivity index (χ0) is 8.55. The molecule has 0 aromatic rings. The molecule has 0 heterocycles. The van der Waals surface area contributed by atoms with E-state index in [0.29, 0.717) is 0 Å². The van der Waals surface area contributed by atoms with E-state index in [1.165, 1.54) is 6.42 Å². The summed E-state index contributed by atoms with van der Waals surface area (Å²) >= 11 is 0. The predicted molar refractivity (Wildman–Crippen MR) is 52.5 cm³/mol. The summed E-state index contributed by atoms with van der Waals surface area (Å²) in [5, 5.41) is 0. The van der Waals surface area contributed by atoms with Gasteiger partial charge in [-0.1, -0.05) is 37.6 Å². The Morgan fingerprint density at radius 1 is 1.07 bits per heavy atom. The molecule has 4 unspecified atom stereocenters. The second-order valence-corrected chi connectivity index (χ2v) is 4.13. The maximum Gasteiger partial charge on any atom is 0 e. The largest absolute Gasteiger partial charge is 0.328 e. The monoisotopic (exact) mass is 339 g/mol. The fourth-order valence-corrected chi connectivity index (χ4v) is 2.74. The summed E-state index contributed by atoms with van der Waals surface area (Å²) < 4.78 is 0. The van der Waals surface area contributed by atoms with Crippen molar-refractivity contribution in [2.75, 3.05) is 0 Å². The third-order valence-corrected chi connectivity index (χ3v) is 3.45. The van der Waals surface area contributed by atoms with Gasteiger partial charge >= 0.3 is 0 Å². The molecule has 2 heteroatoms. The van der Waals surface area contributed by atoms with Crippen molar-refractivity contribution in [1.82, 2.24) is 0 Å². The molecule has 0 nitrogen and oxygen atoms in total. The number of hydrogen-bond acceptors (Lipinski definition) is 0. The van der Waals surface area contributed by atoms with Gasteiger partial charge in [-0.05, 0) is 17.8 Å².